The molecule has 0 spiro atoms. The Bertz CT molecular complexity index is 909. The molecule has 0 amide bonds. The number of aromatic amines is 1. The molecule has 2 fully saturated rings. The van der Waals surface area contributed by atoms with Crippen LogP contribution >= 0.6 is 0 Å². The van der Waals surface area contributed by atoms with Gasteiger partial charge in [0.25, 0.3) is 0 Å². The van der Waals surface area contributed by atoms with E-state index in [1.807, 2.05) is 24.4 Å². The maximum absolute atomic E-state index is 6.11. The van der Waals surface area contributed by atoms with E-state index in [9.17, 15) is 0 Å². The molecule has 0 atom stereocenters. The van der Waals surface area contributed by atoms with E-state index < -0.39 is 0 Å². The van der Waals surface area contributed by atoms with Crippen molar-refractivity contribution in [1.82, 2.24) is 15.2 Å². The molecule has 1 saturated carbocycles. The number of anilines is 1. The van der Waals surface area contributed by atoms with Crippen molar-refractivity contribution in [3.63, 3.8) is 0 Å². The fourth-order valence-corrected chi connectivity index (χ4v) is 3.12. The van der Waals surface area contributed by atoms with E-state index in [4.69, 9.17) is 4.74 Å². The van der Waals surface area contributed by atoms with E-state index in [1.54, 1.807) is 0 Å². The first-order valence-corrected chi connectivity index (χ1v) is 8.59. The number of rotatable bonds is 4. The summed E-state index contributed by atoms with van der Waals surface area (Å²) in [4.78, 5) is 6.78. The van der Waals surface area contributed by atoms with Crippen LogP contribution in [0.1, 0.15) is 26.2 Å². The summed E-state index contributed by atoms with van der Waals surface area (Å²) in [5, 5.41) is 8.76. The molecule has 0 unspecified atom stereocenters. The van der Waals surface area contributed by atoms with Crippen LogP contribution in [-0.4, -0.2) is 33.9 Å². The molecule has 3 aromatic rings. The van der Waals surface area contributed by atoms with Gasteiger partial charge in [0.2, 0.25) is 0 Å². The molecule has 24 heavy (non-hydrogen) atoms. The summed E-state index contributed by atoms with van der Waals surface area (Å²) in [7, 11) is 0. The maximum atomic E-state index is 6.11. The van der Waals surface area contributed by atoms with Crippen LogP contribution in [-0.2, 0) is 0 Å². The Balaban J connectivity index is 1.55. The van der Waals surface area contributed by atoms with Gasteiger partial charge in [-0.25, -0.2) is 4.98 Å². The highest BCUT2D eigenvalue weighted by Crippen LogP contribution is 2.40. The van der Waals surface area contributed by atoms with E-state index in [1.165, 1.54) is 6.42 Å². The largest absolute Gasteiger partial charge is 0.488 e. The molecule has 122 valence electrons. The summed E-state index contributed by atoms with van der Waals surface area (Å²) in [6.45, 7) is 4.35. The highest BCUT2D eigenvalue weighted by Gasteiger charge is 2.40. The Kier molecular flexibility index (Phi) is 2.86. The molecular weight excluding hydrogens is 300 g/mol. The first-order chi connectivity index (χ1) is 11.7. The molecule has 3 heterocycles. The molecule has 5 nitrogen and oxygen atoms in total. The predicted octanol–water partition coefficient (Wildman–Crippen LogP) is 3.77. The van der Waals surface area contributed by atoms with Gasteiger partial charge in [-0.1, -0.05) is 0 Å². The second kappa shape index (κ2) is 4.97. The lowest BCUT2D eigenvalue weighted by Crippen LogP contribution is -2.37. The summed E-state index contributed by atoms with van der Waals surface area (Å²) in [6, 6.07) is 10.3. The lowest BCUT2D eigenvalue weighted by Gasteiger charge is -2.32. The van der Waals surface area contributed by atoms with Crippen LogP contribution in [0.4, 0.5) is 5.82 Å². The Morgan fingerprint density at radius 3 is 2.79 bits per heavy atom. The average molecular weight is 320 g/mol. The van der Waals surface area contributed by atoms with Crippen LogP contribution in [0.2, 0.25) is 0 Å². The number of pyridine rings is 1. The minimum Gasteiger partial charge on any atom is -0.488 e. The Hall–Kier alpha value is -2.56. The maximum Gasteiger partial charge on any atom is 0.129 e. The average Bonchev–Trinajstić information content (AvgIpc) is 3.10. The van der Waals surface area contributed by atoms with Gasteiger partial charge in [0.15, 0.2) is 0 Å². The summed E-state index contributed by atoms with van der Waals surface area (Å²) >= 11 is 0. The van der Waals surface area contributed by atoms with E-state index in [-0.39, 0.29) is 5.60 Å². The standard InChI is InChI=1S/C19H20N4O/c1-19(6-7-19)24-14-3-4-16-15(12-14)18(22-21-16)13-5-8-20-17(11-13)23-9-2-10-23/h3-5,8,11-12H,2,6-7,9-10H2,1H3,(H,21,22). The predicted molar refractivity (Wildman–Crippen MR) is 94.4 cm³/mol. The second-order valence-corrected chi connectivity index (χ2v) is 7.07. The molecule has 0 radical (unpaired) electrons. The fraction of sp³-hybridized carbons (Fsp3) is 0.368. The molecule has 2 aromatic heterocycles. The SMILES string of the molecule is CC1(Oc2ccc3[nH]nc(-c4ccnc(N5CCC5)c4)c3c2)CC1. The molecule has 2 aliphatic rings. The van der Waals surface area contributed by atoms with Gasteiger partial charge in [0.05, 0.1) is 5.52 Å². The van der Waals surface area contributed by atoms with Crippen LogP contribution in [0.15, 0.2) is 36.5 Å². The minimum absolute atomic E-state index is 0.0267. The van der Waals surface area contributed by atoms with Crippen molar-refractivity contribution in [2.75, 3.05) is 18.0 Å². The van der Waals surface area contributed by atoms with Crippen molar-refractivity contribution in [3.05, 3.63) is 36.5 Å². The highest BCUT2D eigenvalue weighted by atomic mass is 16.5. The monoisotopic (exact) mass is 320 g/mol. The zero-order chi connectivity index (χ0) is 16.1. The topological polar surface area (TPSA) is 54.0 Å². The van der Waals surface area contributed by atoms with Crippen molar-refractivity contribution in [3.8, 4) is 17.0 Å². The first kappa shape index (κ1) is 13.8. The van der Waals surface area contributed by atoms with E-state index in [0.717, 1.165) is 59.7 Å². The van der Waals surface area contributed by atoms with Gasteiger partial charge in [0.1, 0.15) is 22.9 Å². The molecule has 1 saturated heterocycles. The normalized spacial score (nSPS) is 18.5. The number of ether oxygens (including phenoxy) is 1. The lowest BCUT2D eigenvalue weighted by atomic mass is 10.1. The summed E-state index contributed by atoms with van der Waals surface area (Å²) in [5.41, 5.74) is 3.10. The summed E-state index contributed by atoms with van der Waals surface area (Å²) < 4.78 is 6.11. The number of aromatic nitrogens is 3. The Labute approximate surface area is 140 Å². The number of hydrogen-bond donors (Lipinski definition) is 1. The first-order valence-electron chi connectivity index (χ1n) is 8.59. The number of nitrogens with zero attached hydrogens (tertiary/aromatic N) is 3. The molecule has 1 aromatic carbocycles. The van der Waals surface area contributed by atoms with Crippen molar-refractivity contribution < 1.29 is 4.74 Å². The van der Waals surface area contributed by atoms with Gasteiger partial charge in [-0.05, 0) is 56.5 Å². The van der Waals surface area contributed by atoms with E-state index in [0.29, 0.717) is 0 Å². The number of fused-ring (bicyclic) bond motifs is 1. The van der Waals surface area contributed by atoms with Crippen LogP contribution in [0.5, 0.6) is 5.75 Å². The quantitative estimate of drug-likeness (QED) is 0.795. The molecule has 5 heteroatoms. The highest BCUT2D eigenvalue weighted by molar-refractivity contribution is 5.94. The molecule has 5 rings (SSSR count). The molecule has 1 aliphatic heterocycles. The number of hydrogen-bond acceptors (Lipinski definition) is 4. The minimum atomic E-state index is 0.0267. The number of nitrogens with one attached hydrogen (secondary N) is 1. The molecule has 0 bridgehead atoms. The van der Waals surface area contributed by atoms with Gasteiger partial charge in [-0.15, -0.1) is 0 Å². The molecule has 1 aliphatic carbocycles. The third kappa shape index (κ3) is 2.31. The van der Waals surface area contributed by atoms with Crippen molar-refractivity contribution in [1.29, 1.82) is 0 Å². The van der Waals surface area contributed by atoms with Gasteiger partial charge in [-0.3, -0.25) is 5.10 Å². The van der Waals surface area contributed by atoms with Crippen molar-refractivity contribution >= 4 is 16.7 Å². The third-order valence-corrected chi connectivity index (χ3v) is 5.05. The summed E-state index contributed by atoms with van der Waals surface area (Å²) in [6.07, 6.45) is 5.38. The Morgan fingerprint density at radius 2 is 2.04 bits per heavy atom. The summed E-state index contributed by atoms with van der Waals surface area (Å²) in [5.74, 6) is 1.95. The van der Waals surface area contributed by atoms with Crippen molar-refractivity contribution in [2.24, 2.45) is 0 Å². The Morgan fingerprint density at radius 1 is 1.17 bits per heavy atom. The third-order valence-electron chi connectivity index (χ3n) is 5.05. The smallest absolute Gasteiger partial charge is 0.129 e. The lowest BCUT2D eigenvalue weighted by molar-refractivity contribution is 0.200. The van der Waals surface area contributed by atoms with Crippen LogP contribution in [0, 0.1) is 0 Å². The van der Waals surface area contributed by atoms with E-state index in [2.05, 4.69) is 39.1 Å². The van der Waals surface area contributed by atoms with Gasteiger partial charge >= 0.3 is 0 Å². The second-order valence-electron chi connectivity index (χ2n) is 7.07. The fourth-order valence-electron chi connectivity index (χ4n) is 3.12. The van der Waals surface area contributed by atoms with Gasteiger partial charge < -0.3 is 9.64 Å². The van der Waals surface area contributed by atoms with Gasteiger partial charge in [-0.2, -0.15) is 5.10 Å². The number of benzene rings is 1. The molecule has 1 N–H and O–H groups in total. The zero-order valence-corrected chi connectivity index (χ0v) is 13.7. The number of H-pyrrole nitrogens is 1. The van der Waals surface area contributed by atoms with Gasteiger partial charge in [0, 0.05) is 30.2 Å². The van der Waals surface area contributed by atoms with E-state index >= 15 is 0 Å². The van der Waals surface area contributed by atoms with Crippen LogP contribution < -0.4 is 9.64 Å². The zero-order valence-electron chi connectivity index (χ0n) is 13.7. The van der Waals surface area contributed by atoms with Crippen LogP contribution in [0.3, 0.4) is 0 Å². The van der Waals surface area contributed by atoms with Crippen molar-refractivity contribution in [2.45, 2.75) is 31.8 Å². The molecular formula is C19H20N4O. The van der Waals surface area contributed by atoms with Crippen LogP contribution in [0.25, 0.3) is 22.2 Å².